The lowest BCUT2D eigenvalue weighted by atomic mass is 10.2. The minimum absolute atomic E-state index is 0. The smallest absolute Gasteiger partial charge is 0.191 e. The van der Waals surface area contributed by atoms with Crippen molar-refractivity contribution in [1.29, 1.82) is 0 Å². The van der Waals surface area contributed by atoms with Crippen molar-refractivity contribution in [2.75, 3.05) is 13.6 Å². The monoisotopic (exact) mass is 393 g/mol. The topological polar surface area (TPSA) is 54.2 Å². The van der Waals surface area contributed by atoms with Gasteiger partial charge in [-0.05, 0) is 20.3 Å². The number of unbranched alkanes of at least 4 members (excludes halogenated alkanes) is 2. The number of rotatable bonds is 6. The third kappa shape index (κ3) is 5.68. The highest BCUT2D eigenvalue weighted by Gasteiger charge is 2.09. The molecule has 0 aliphatic heterocycles. The van der Waals surface area contributed by atoms with Crippen LogP contribution in [0.1, 0.15) is 43.1 Å². The Morgan fingerprint density at radius 2 is 1.95 bits per heavy atom. The first-order valence-corrected chi connectivity index (χ1v) is 7.03. The zero-order chi connectivity index (χ0) is 14.3. The molecule has 0 fully saturated rings. The van der Waals surface area contributed by atoms with Gasteiger partial charge >= 0.3 is 0 Å². The number of hydrogen-bond acceptors (Lipinski definition) is 2. The fourth-order valence-electron chi connectivity index (χ4n) is 2.05. The van der Waals surface area contributed by atoms with Gasteiger partial charge in [-0.2, -0.15) is 5.10 Å². The molecule has 1 rings (SSSR count). The number of halogens is 1. The molecule has 0 atom stereocenters. The fourth-order valence-corrected chi connectivity index (χ4v) is 2.05. The van der Waals surface area contributed by atoms with Crippen LogP contribution in [0.25, 0.3) is 0 Å². The number of nitrogens with one attached hydrogen (secondary N) is 2. The highest BCUT2D eigenvalue weighted by atomic mass is 127. The highest BCUT2D eigenvalue weighted by Crippen LogP contribution is 2.10. The Hall–Kier alpha value is -0.790. The van der Waals surface area contributed by atoms with Gasteiger partial charge in [-0.25, -0.2) is 0 Å². The minimum Gasteiger partial charge on any atom is -0.356 e. The van der Waals surface area contributed by atoms with E-state index in [1.807, 2.05) is 18.7 Å². The Morgan fingerprint density at radius 3 is 2.45 bits per heavy atom. The molecule has 116 valence electrons. The average Bonchev–Trinajstić information content (AvgIpc) is 2.63. The Kier molecular flexibility index (Phi) is 9.62. The van der Waals surface area contributed by atoms with E-state index >= 15 is 0 Å². The summed E-state index contributed by atoms with van der Waals surface area (Å²) in [5.74, 6) is 0.860. The molecule has 0 saturated heterocycles. The molecular weight excluding hydrogens is 365 g/mol. The van der Waals surface area contributed by atoms with E-state index in [2.05, 4.69) is 34.6 Å². The van der Waals surface area contributed by atoms with E-state index in [0.29, 0.717) is 0 Å². The van der Waals surface area contributed by atoms with Crippen LogP contribution in [0.4, 0.5) is 0 Å². The van der Waals surface area contributed by atoms with Crippen molar-refractivity contribution in [3.63, 3.8) is 0 Å². The standard InChI is InChI=1S/C14H27N5.HI/c1-6-7-8-9-16-14(15-4)17-10-13-11(2)18-19(5)12(13)3;/h6-10H2,1-5H3,(H2,15,16,17);1H. The van der Waals surface area contributed by atoms with Crippen LogP contribution < -0.4 is 10.6 Å². The van der Waals surface area contributed by atoms with Gasteiger partial charge in [0.2, 0.25) is 0 Å². The van der Waals surface area contributed by atoms with E-state index in [1.165, 1.54) is 30.5 Å². The van der Waals surface area contributed by atoms with Gasteiger partial charge in [-0.3, -0.25) is 9.67 Å². The Balaban J connectivity index is 0.00000361. The summed E-state index contributed by atoms with van der Waals surface area (Å²) in [4.78, 5) is 4.23. The second-order valence-corrected chi connectivity index (χ2v) is 4.83. The van der Waals surface area contributed by atoms with Crippen molar-refractivity contribution >= 4 is 29.9 Å². The van der Waals surface area contributed by atoms with Crippen LogP contribution >= 0.6 is 24.0 Å². The molecule has 0 aromatic carbocycles. The molecule has 1 aromatic rings. The van der Waals surface area contributed by atoms with Crippen LogP contribution in [-0.2, 0) is 13.6 Å². The molecule has 0 spiro atoms. The normalized spacial score (nSPS) is 11.2. The van der Waals surface area contributed by atoms with E-state index in [4.69, 9.17) is 0 Å². The summed E-state index contributed by atoms with van der Waals surface area (Å²) in [6.45, 7) is 8.08. The Labute approximate surface area is 139 Å². The molecule has 2 N–H and O–H groups in total. The molecule has 0 aliphatic rings. The van der Waals surface area contributed by atoms with Crippen molar-refractivity contribution in [3.8, 4) is 0 Å². The summed E-state index contributed by atoms with van der Waals surface area (Å²) in [5.41, 5.74) is 3.53. The number of aliphatic imine (C=N–C) groups is 1. The molecule has 1 heterocycles. The molecule has 6 heteroatoms. The molecule has 0 bridgehead atoms. The average molecular weight is 393 g/mol. The molecule has 0 radical (unpaired) electrons. The lowest BCUT2D eigenvalue weighted by molar-refractivity contribution is 0.682. The predicted molar refractivity (Wildman–Crippen MR) is 95.8 cm³/mol. The van der Waals surface area contributed by atoms with Crippen molar-refractivity contribution < 1.29 is 0 Å². The first kappa shape index (κ1) is 19.2. The summed E-state index contributed by atoms with van der Waals surface area (Å²) >= 11 is 0. The molecule has 0 aliphatic carbocycles. The van der Waals surface area contributed by atoms with Gasteiger partial charge < -0.3 is 10.6 Å². The van der Waals surface area contributed by atoms with E-state index in [9.17, 15) is 0 Å². The van der Waals surface area contributed by atoms with Crippen LogP contribution in [0, 0.1) is 13.8 Å². The lowest BCUT2D eigenvalue weighted by Gasteiger charge is -2.12. The lowest BCUT2D eigenvalue weighted by Crippen LogP contribution is -2.37. The van der Waals surface area contributed by atoms with Crippen LogP contribution in [-0.4, -0.2) is 29.3 Å². The summed E-state index contributed by atoms with van der Waals surface area (Å²) in [7, 11) is 3.78. The van der Waals surface area contributed by atoms with Crippen molar-refractivity contribution in [1.82, 2.24) is 20.4 Å². The Morgan fingerprint density at radius 1 is 1.25 bits per heavy atom. The maximum absolute atomic E-state index is 4.42. The second-order valence-electron chi connectivity index (χ2n) is 4.83. The number of aromatic nitrogens is 2. The van der Waals surface area contributed by atoms with Crippen molar-refractivity contribution in [3.05, 3.63) is 17.0 Å². The zero-order valence-corrected chi connectivity index (χ0v) is 15.6. The third-order valence-corrected chi connectivity index (χ3v) is 3.39. The number of guanidine groups is 1. The summed E-state index contributed by atoms with van der Waals surface area (Å²) in [6, 6.07) is 0. The van der Waals surface area contributed by atoms with Gasteiger partial charge in [0.05, 0.1) is 5.69 Å². The molecule has 0 saturated carbocycles. The number of hydrogen-bond donors (Lipinski definition) is 2. The quantitative estimate of drug-likeness (QED) is 0.338. The molecule has 1 aromatic heterocycles. The molecule has 5 nitrogen and oxygen atoms in total. The van der Waals surface area contributed by atoms with E-state index in [-0.39, 0.29) is 24.0 Å². The molecule has 0 unspecified atom stereocenters. The van der Waals surface area contributed by atoms with Gasteiger partial charge in [-0.15, -0.1) is 24.0 Å². The van der Waals surface area contributed by atoms with Gasteiger partial charge in [0.15, 0.2) is 5.96 Å². The minimum atomic E-state index is 0. The first-order chi connectivity index (χ1) is 9.10. The summed E-state index contributed by atoms with van der Waals surface area (Å²) < 4.78 is 1.92. The zero-order valence-electron chi connectivity index (χ0n) is 13.3. The van der Waals surface area contributed by atoms with Gasteiger partial charge in [0.25, 0.3) is 0 Å². The highest BCUT2D eigenvalue weighted by molar-refractivity contribution is 14.0. The molecule has 20 heavy (non-hydrogen) atoms. The van der Waals surface area contributed by atoms with E-state index in [1.54, 1.807) is 7.05 Å². The van der Waals surface area contributed by atoms with Gasteiger partial charge in [0.1, 0.15) is 0 Å². The summed E-state index contributed by atoms with van der Waals surface area (Å²) in [5, 5.41) is 11.1. The van der Waals surface area contributed by atoms with E-state index in [0.717, 1.165) is 24.7 Å². The largest absolute Gasteiger partial charge is 0.356 e. The second kappa shape index (κ2) is 10.0. The van der Waals surface area contributed by atoms with Crippen LogP contribution in [0.15, 0.2) is 4.99 Å². The first-order valence-electron chi connectivity index (χ1n) is 7.03. The van der Waals surface area contributed by atoms with Crippen molar-refractivity contribution in [2.24, 2.45) is 12.0 Å². The van der Waals surface area contributed by atoms with Gasteiger partial charge in [0, 0.05) is 38.4 Å². The van der Waals surface area contributed by atoms with E-state index < -0.39 is 0 Å². The fraction of sp³-hybridized carbons (Fsp3) is 0.714. The maximum atomic E-state index is 4.42. The third-order valence-electron chi connectivity index (χ3n) is 3.39. The molecular formula is C14H28IN5. The number of nitrogens with zero attached hydrogens (tertiary/aromatic N) is 3. The SMILES string of the molecule is CCCCCNC(=NC)NCc1c(C)nn(C)c1C.I. The van der Waals surface area contributed by atoms with Crippen molar-refractivity contribution in [2.45, 2.75) is 46.6 Å². The van der Waals surface area contributed by atoms with Crippen LogP contribution in [0.5, 0.6) is 0 Å². The Bertz CT molecular complexity index is 425. The van der Waals surface area contributed by atoms with Crippen LogP contribution in [0.3, 0.4) is 0 Å². The predicted octanol–water partition coefficient (Wildman–Crippen LogP) is 2.51. The maximum Gasteiger partial charge on any atom is 0.191 e. The molecule has 0 amide bonds. The van der Waals surface area contributed by atoms with Gasteiger partial charge in [-0.1, -0.05) is 19.8 Å². The number of aryl methyl sites for hydroxylation is 2. The summed E-state index contributed by atoms with van der Waals surface area (Å²) in [6.07, 6.45) is 3.68. The van der Waals surface area contributed by atoms with Crippen LogP contribution in [0.2, 0.25) is 0 Å².